The molecular formula is C13H26N2O2. The Balaban J connectivity index is 2.02. The zero-order valence-electron chi connectivity index (χ0n) is 11.1. The second kappa shape index (κ2) is 7.67. The van der Waals surface area contributed by atoms with Crippen molar-refractivity contribution >= 4 is 5.91 Å². The number of aliphatic hydroxyl groups excluding tert-OH is 1. The van der Waals surface area contributed by atoms with Crippen LogP contribution in [0.1, 0.15) is 38.5 Å². The SMILES string of the molecule is CN(C)C(=O)CCCNCC1CCCCC1O. The van der Waals surface area contributed by atoms with Crippen molar-refractivity contribution in [2.24, 2.45) is 5.92 Å². The van der Waals surface area contributed by atoms with Gasteiger partial charge in [-0.2, -0.15) is 0 Å². The fourth-order valence-electron chi connectivity index (χ4n) is 2.30. The van der Waals surface area contributed by atoms with Crippen LogP contribution in [0.2, 0.25) is 0 Å². The number of rotatable bonds is 6. The number of nitrogens with one attached hydrogen (secondary N) is 1. The van der Waals surface area contributed by atoms with Crippen LogP contribution in [-0.4, -0.2) is 49.2 Å². The van der Waals surface area contributed by atoms with Crippen LogP contribution < -0.4 is 5.32 Å². The van der Waals surface area contributed by atoms with Crippen molar-refractivity contribution in [1.29, 1.82) is 0 Å². The number of hydrogen-bond donors (Lipinski definition) is 2. The maximum Gasteiger partial charge on any atom is 0.222 e. The van der Waals surface area contributed by atoms with Crippen LogP contribution >= 0.6 is 0 Å². The Hall–Kier alpha value is -0.610. The van der Waals surface area contributed by atoms with Crippen LogP contribution in [0.4, 0.5) is 0 Å². The molecule has 4 heteroatoms. The quantitative estimate of drug-likeness (QED) is 0.683. The van der Waals surface area contributed by atoms with Crippen molar-refractivity contribution in [1.82, 2.24) is 10.2 Å². The van der Waals surface area contributed by atoms with E-state index in [0.717, 1.165) is 38.8 Å². The molecule has 1 amide bonds. The van der Waals surface area contributed by atoms with E-state index in [2.05, 4.69) is 5.32 Å². The Morgan fingerprint density at radius 3 is 2.71 bits per heavy atom. The molecule has 4 nitrogen and oxygen atoms in total. The van der Waals surface area contributed by atoms with E-state index >= 15 is 0 Å². The average molecular weight is 242 g/mol. The molecule has 1 aliphatic carbocycles. The molecule has 2 unspecified atom stereocenters. The first-order valence-corrected chi connectivity index (χ1v) is 6.70. The van der Waals surface area contributed by atoms with Gasteiger partial charge in [0, 0.05) is 27.1 Å². The third kappa shape index (κ3) is 5.50. The van der Waals surface area contributed by atoms with E-state index in [1.165, 1.54) is 6.42 Å². The summed E-state index contributed by atoms with van der Waals surface area (Å²) in [7, 11) is 3.57. The van der Waals surface area contributed by atoms with Crippen molar-refractivity contribution in [3.63, 3.8) is 0 Å². The Bertz CT molecular complexity index is 231. The summed E-state index contributed by atoms with van der Waals surface area (Å²) in [5.41, 5.74) is 0. The molecule has 17 heavy (non-hydrogen) atoms. The zero-order valence-corrected chi connectivity index (χ0v) is 11.1. The summed E-state index contributed by atoms with van der Waals surface area (Å²) in [6, 6.07) is 0. The third-order valence-electron chi connectivity index (χ3n) is 3.52. The molecule has 0 aromatic heterocycles. The van der Waals surface area contributed by atoms with Crippen LogP contribution in [0.5, 0.6) is 0 Å². The average Bonchev–Trinajstić information content (AvgIpc) is 2.30. The first-order chi connectivity index (χ1) is 8.11. The Kier molecular flexibility index (Phi) is 6.52. The molecule has 0 aromatic carbocycles. The lowest BCUT2D eigenvalue weighted by atomic mass is 9.86. The Labute approximate surface area is 104 Å². The van der Waals surface area contributed by atoms with E-state index in [0.29, 0.717) is 12.3 Å². The number of nitrogens with zero attached hydrogens (tertiary/aromatic N) is 1. The maximum absolute atomic E-state index is 11.3. The van der Waals surface area contributed by atoms with Gasteiger partial charge < -0.3 is 15.3 Å². The normalized spacial score (nSPS) is 24.6. The topological polar surface area (TPSA) is 52.6 Å². The Morgan fingerprint density at radius 1 is 1.35 bits per heavy atom. The van der Waals surface area contributed by atoms with Crippen LogP contribution in [0.25, 0.3) is 0 Å². The summed E-state index contributed by atoms with van der Waals surface area (Å²) >= 11 is 0. The molecule has 1 rings (SSSR count). The van der Waals surface area contributed by atoms with Crippen molar-refractivity contribution in [3.8, 4) is 0 Å². The lowest BCUT2D eigenvalue weighted by Crippen LogP contribution is -2.34. The molecule has 0 saturated heterocycles. The molecule has 0 aromatic rings. The van der Waals surface area contributed by atoms with Crippen molar-refractivity contribution in [2.75, 3.05) is 27.2 Å². The summed E-state index contributed by atoms with van der Waals surface area (Å²) in [4.78, 5) is 12.9. The minimum atomic E-state index is -0.125. The van der Waals surface area contributed by atoms with Gasteiger partial charge in [-0.05, 0) is 31.7 Å². The highest BCUT2D eigenvalue weighted by molar-refractivity contribution is 5.75. The molecule has 0 radical (unpaired) electrons. The molecule has 0 spiro atoms. The molecule has 0 heterocycles. The van der Waals surface area contributed by atoms with Crippen LogP contribution in [0.15, 0.2) is 0 Å². The maximum atomic E-state index is 11.3. The zero-order chi connectivity index (χ0) is 12.7. The van der Waals surface area contributed by atoms with Crippen LogP contribution in [0, 0.1) is 5.92 Å². The third-order valence-corrected chi connectivity index (χ3v) is 3.52. The van der Waals surface area contributed by atoms with E-state index in [1.807, 2.05) is 0 Å². The van der Waals surface area contributed by atoms with E-state index in [4.69, 9.17) is 0 Å². The summed E-state index contributed by atoms with van der Waals surface area (Å²) in [5.74, 6) is 0.595. The van der Waals surface area contributed by atoms with Gasteiger partial charge in [-0.25, -0.2) is 0 Å². The molecule has 100 valence electrons. The van der Waals surface area contributed by atoms with Gasteiger partial charge in [-0.15, -0.1) is 0 Å². The standard InChI is InChI=1S/C13H26N2O2/c1-15(2)13(17)8-5-9-14-10-11-6-3-4-7-12(11)16/h11-12,14,16H,3-10H2,1-2H3. The smallest absolute Gasteiger partial charge is 0.222 e. The number of carbonyl (C=O) groups excluding carboxylic acids is 1. The Morgan fingerprint density at radius 2 is 2.06 bits per heavy atom. The molecule has 2 atom stereocenters. The van der Waals surface area contributed by atoms with Crippen LogP contribution in [-0.2, 0) is 4.79 Å². The molecule has 0 aliphatic heterocycles. The van der Waals surface area contributed by atoms with Crippen molar-refractivity contribution in [3.05, 3.63) is 0 Å². The second-order valence-corrected chi connectivity index (χ2v) is 5.21. The highest BCUT2D eigenvalue weighted by atomic mass is 16.3. The summed E-state index contributed by atoms with van der Waals surface area (Å²) in [6.45, 7) is 1.75. The van der Waals surface area contributed by atoms with Gasteiger partial charge >= 0.3 is 0 Å². The van der Waals surface area contributed by atoms with E-state index in [-0.39, 0.29) is 12.0 Å². The monoisotopic (exact) mass is 242 g/mol. The minimum absolute atomic E-state index is 0.125. The number of hydrogen-bond acceptors (Lipinski definition) is 3. The van der Waals surface area contributed by atoms with Gasteiger partial charge in [-0.3, -0.25) is 4.79 Å². The largest absolute Gasteiger partial charge is 0.393 e. The predicted octanol–water partition coefficient (Wildman–Crippen LogP) is 0.995. The first-order valence-electron chi connectivity index (χ1n) is 6.70. The van der Waals surface area contributed by atoms with Gasteiger partial charge in [0.05, 0.1) is 6.10 Å². The molecule has 1 fully saturated rings. The summed E-state index contributed by atoms with van der Waals surface area (Å²) < 4.78 is 0. The summed E-state index contributed by atoms with van der Waals surface area (Å²) in [6.07, 6.45) is 5.83. The summed E-state index contributed by atoms with van der Waals surface area (Å²) in [5, 5.41) is 13.1. The van der Waals surface area contributed by atoms with Gasteiger partial charge in [0.15, 0.2) is 0 Å². The van der Waals surface area contributed by atoms with E-state index < -0.39 is 0 Å². The molecular weight excluding hydrogens is 216 g/mol. The fourth-order valence-corrected chi connectivity index (χ4v) is 2.30. The van der Waals surface area contributed by atoms with Gasteiger partial charge in [0.2, 0.25) is 5.91 Å². The number of amides is 1. The highest BCUT2D eigenvalue weighted by Crippen LogP contribution is 2.23. The molecule has 0 bridgehead atoms. The van der Waals surface area contributed by atoms with Gasteiger partial charge in [-0.1, -0.05) is 12.8 Å². The lowest BCUT2D eigenvalue weighted by molar-refractivity contribution is -0.128. The van der Waals surface area contributed by atoms with Gasteiger partial charge in [0.1, 0.15) is 0 Å². The first kappa shape index (κ1) is 14.5. The van der Waals surface area contributed by atoms with Crippen molar-refractivity contribution in [2.45, 2.75) is 44.6 Å². The number of aliphatic hydroxyl groups is 1. The van der Waals surface area contributed by atoms with E-state index in [1.54, 1.807) is 19.0 Å². The number of carbonyl (C=O) groups is 1. The van der Waals surface area contributed by atoms with Gasteiger partial charge in [0.25, 0.3) is 0 Å². The molecule has 1 saturated carbocycles. The molecule has 1 aliphatic rings. The lowest BCUT2D eigenvalue weighted by Gasteiger charge is -2.27. The molecule has 2 N–H and O–H groups in total. The fraction of sp³-hybridized carbons (Fsp3) is 0.923. The second-order valence-electron chi connectivity index (χ2n) is 5.21. The van der Waals surface area contributed by atoms with Crippen molar-refractivity contribution < 1.29 is 9.90 Å². The minimum Gasteiger partial charge on any atom is -0.393 e. The predicted molar refractivity (Wildman–Crippen MR) is 68.8 cm³/mol. The van der Waals surface area contributed by atoms with E-state index in [9.17, 15) is 9.90 Å². The highest BCUT2D eigenvalue weighted by Gasteiger charge is 2.22. The van der Waals surface area contributed by atoms with Crippen LogP contribution in [0.3, 0.4) is 0 Å².